The first-order valence-corrected chi connectivity index (χ1v) is 8.94. The molecule has 2 aromatic carbocycles. The molecule has 0 aliphatic rings. The van der Waals surface area contributed by atoms with Crippen molar-refractivity contribution in [2.75, 3.05) is 11.1 Å². The lowest BCUT2D eigenvalue weighted by Gasteiger charge is -2.15. The molecule has 8 heteroatoms. The largest absolute Gasteiger partial charge is 0.452 e. The molecule has 4 nitrogen and oxygen atoms in total. The van der Waals surface area contributed by atoms with Gasteiger partial charge in [0.15, 0.2) is 6.10 Å². The molecular formula is C17H14Cl2FNO3S. The Balaban J connectivity index is 1.88. The van der Waals surface area contributed by atoms with Crippen LogP contribution in [-0.2, 0) is 14.3 Å². The maximum atomic E-state index is 13.5. The van der Waals surface area contributed by atoms with E-state index in [1.54, 1.807) is 36.4 Å². The van der Waals surface area contributed by atoms with Crippen LogP contribution < -0.4 is 5.32 Å². The molecule has 0 heterocycles. The zero-order valence-corrected chi connectivity index (χ0v) is 15.4. The van der Waals surface area contributed by atoms with Crippen molar-refractivity contribution in [3.63, 3.8) is 0 Å². The smallest absolute Gasteiger partial charge is 0.317 e. The van der Waals surface area contributed by atoms with Crippen LogP contribution in [0.5, 0.6) is 0 Å². The van der Waals surface area contributed by atoms with Gasteiger partial charge in [0.05, 0.1) is 21.5 Å². The van der Waals surface area contributed by atoms with E-state index in [2.05, 4.69) is 5.32 Å². The van der Waals surface area contributed by atoms with Gasteiger partial charge in [-0.2, -0.15) is 0 Å². The minimum atomic E-state index is -1.05. The third-order valence-corrected chi connectivity index (χ3v) is 4.72. The summed E-state index contributed by atoms with van der Waals surface area (Å²) in [4.78, 5) is 24.3. The van der Waals surface area contributed by atoms with Crippen LogP contribution in [0.2, 0.25) is 10.0 Å². The van der Waals surface area contributed by atoms with Crippen molar-refractivity contribution in [3.8, 4) is 0 Å². The van der Waals surface area contributed by atoms with Crippen LogP contribution in [0.1, 0.15) is 6.92 Å². The van der Waals surface area contributed by atoms with Crippen LogP contribution in [0.3, 0.4) is 0 Å². The fourth-order valence-electron chi connectivity index (χ4n) is 1.83. The third-order valence-electron chi connectivity index (χ3n) is 3.07. The van der Waals surface area contributed by atoms with E-state index in [0.717, 1.165) is 11.8 Å². The number of hydrogen-bond donors (Lipinski definition) is 1. The number of ether oxygens (including phenoxy) is 1. The van der Waals surface area contributed by atoms with Gasteiger partial charge in [-0.15, -0.1) is 11.8 Å². The number of esters is 1. The zero-order chi connectivity index (χ0) is 18.4. The van der Waals surface area contributed by atoms with Crippen molar-refractivity contribution in [2.24, 2.45) is 0 Å². The molecule has 0 spiro atoms. The minimum absolute atomic E-state index is 0.120. The molecule has 25 heavy (non-hydrogen) atoms. The molecule has 2 aromatic rings. The fraction of sp³-hybridized carbons (Fsp3) is 0.176. The molecule has 0 unspecified atom stereocenters. The highest BCUT2D eigenvalue weighted by Crippen LogP contribution is 2.30. The summed E-state index contributed by atoms with van der Waals surface area (Å²) >= 11 is 12.9. The van der Waals surface area contributed by atoms with E-state index in [9.17, 15) is 14.0 Å². The van der Waals surface area contributed by atoms with Gasteiger partial charge in [-0.25, -0.2) is 4.39 Å². The van der Waals surface area contributed by atoms with Crippen LogP contribution >= 0.6 is 35.0 Å². The topological polar surface area (TPSA) is 55.4 Å². The zero-order valence-electron chi connectivity index (χ0n) is 13.1. The number of amides is 1. The predicted octanol–water partition coefficient (Wildman–Crippen LogP) is 4.80. The van der Waals surface area contributed by atoms with E-state index in [4.69, 9.17) is 27.9 Å². The summed E-state index contributed by atoms with van der Waals surface area (Å²) in [6, 6.07) is 10.9. The minimum Gasteiger partial charge on any atom is -0.452 e. The Morgan fingerprint density at radius 2 is 1.80 bits per heavy atom. The van der Waals surface area contributed by atoms with E-state index in [1.165, 1.54) is 13.0 Å². The molecule has 0 aliphatic carbocycles. The van der Waals surface area contributed by atoms with E-state index in [0.29, 0.717) is 4.90 Å². The molecule has 0 aliphatic heterocycles. The van der Waals surface area contributed by atoms with Gasteiger partial charge in [-0.3, -0.25) is 9.59 Å². The maximum Gasteiger partial charge on any atom is 0.317 e. The lowest BCUT2D eigenvalue weighted by Crippen LogP contribution is -2.30. The molecule has 132 valence electrons. The molecule has 1 atom stereocenters. The van der Waals surface area contributed by atoms with E-state index in [1.807, 2.05) is 0 Å². The Kier molecular flexibility index (Phi) is 7.11. The molecule has 1 N–H and O–H groups in total. The summed E-state index contributed by atoms with van der Waals surface area (Å²) in [6.45, 7) is 1.42. The normalized spacial score (nSPS) is 11.7. The van der Waals surface area contributed by atoms with Crippen LogP contribution in [0, 0.1) is 5.82 Å². The Bertz CT molecular complexity index is 768. The Hall–Kier alpha value is -1.76. The lowest BCUT2D eigenvalue weighted by molar-refractivity contribution is -0.150. The second-order valence-corrected chi connectivity index (χ2v) is 6.77. The van der Waals surface area contributed by atoms with Gasteiger partial charge in [-0.1, -0.05) is 41.4 Å². The third kappa shape index (κ3) is 5.63. The van der Waals surface area contributed by atoms with Crippen molar-refractivity contribution < 1.29 is 18.7 Å². The first-order valence-electron chi connectivity index (χ1n) is 7.20. The summed E-state index contributed by atoms with van der Waals surface area (Å²) in [5, 5.41) is 3.07. The maximum absolute atomic E-state index is 13.5. The highest BCUT2D eigenvalue weighted by Gasteiger charge is 2.20. The monoisotopic (exact) mass is 401 g/mol. The predicted molar refractivity (Wildman–Crippen MR) is 97.8 cm³/mol. The summed E-state index contributed by atoms with van der Waals surface area (Å²) in [7, 11) is 0. The molecule has 0 fully saturated rings. The Labute approximate surface area is 158 Å². The number of rotatable bonds is 6. The molecule has 0 aromatic heterocycles. The second-order valence-electron chi connectivity index (χ2n) is 4.94. The van der Waals surface area contributed by atoms with E-state index >= 15 is 0 Å². The Morgan fingerprint density at radius 1 is 1.16 bits per heavy atom. The molecule has 0 saturated heterocycles. The van der Waals surface area contributed by atoms with Gasteiger partial charge >= 0.3 is 5.97 Å². The average molecular weight is 402 g/mol. The number of thioether (sulfide) groups is 1. The number of para-hydroxylation sites is 1. The second kappa shape index (κ2) is 9.08. The first kappa shape index (κ1) is 19.6. The standard InChI is InChI=1S/C17H14Cl2FNO3S/c1-10(17(23)21-16-11(18)5-4-6-12(16)19)24-15(22)9-25-14-8-3-2-7-13(14)20/h2-8,10H,9H2,1H3,(H,21,23)/t10-/m1/s1. The fourth-order valence-corrected chi connectivity index (χ4v) is 3.04. The van der Waals surface area contributed by atoms with Gasteiger partial charge < -0.3 is 10.1 Å². The molecule has 0 radical (unpaired) electrons. The number of hydrogen-bond acceptors (Lipinski definition) is 4. The summed E-state index contributed by atoms with van der Waals surface area (Å²) in [5.74, 6) is -1.74. The van der Waals surface area contributed by atoms with Crippen molar-refractivity contribution in [1.82, 2.24) is 0 Å². The number of halogens is 3. The lowest BCUT2D eigenvalue weighted by atomic mass is 10.3. The SMILES string of the molecule is C[C@@H](OC(=O)CSc1ccccc1F)C(=O)Nc1c(Cl)cccc1Cl. The van der Waals surface area contributed by atoms with Gasteiger partial charge in [-0.05, 0) is 31.2 Å². The van der Waals surface area contributed by atoms with E-state index in [-0.39, 0.29) is 21.5 Å². The molecule has 0 bridgehead atoms. The number of nitrogens with one attached hydrogen (secondary N) is 1. The number of carbonyl (C=O) groups excluding carboxylic acids is 2. The summed E-state index contributed by atoms with van der Waals surface area (Å²) < 4.78 is 18.5. The van der Waals surface area contributed by atoms with Crippen molar-refractivity contribution in [2.45, 2.75) is 17.9 Å². The van der Waals surface area contributed by atoms with Gasteiger partial charge in [0.25, 0.3) is 5.91 Å². The van der Waals surface area contributed by atoms with Gasteiger partial charge in [0.1, 0.15) is 5.82 Å². The van der Waals surface area contributed by atoms with Crippen LogP contribution in [-0.4, -0.2) is 23.7 Å². The van der Waals surface area contributed by atoms with Gasteiger partial charge in [0.2, 0.25) is 0 Å². The van der Waals surface area contributed by atoms with Crippen LogP contribution in [0.15, 0.2) is 47.4 Å². The van der Waals surface area contributed by atoms with Crippen molar-refractivity contribution in [3.05, 3.63) is 58.3 Å². The van der Waals surface area contributed by atoms with E-state index < -0.39 is 23.8 Å². The molecule has 1 amide bonds. The van der Waals surface area contributed by atoms with Crippen LogP contribution in [0.4, 0.5) is 10.1 Å². The molecule has 0 saturated carbocycles. The average Bonchev–Trinajstić information content (AvgIpc) is 2.57. The quantitative estimate of drug-likeness (QED) is 0.558. The first-order chi connectivity index (χ1) is 11.9. The van der Waals surface area contributed by atoms with Gasteiger partial charge in [0, 0.05) is 4.90 Å². The highest BCUT2D eigenvalue weighted by molar-refractivity contribution is 8.00. The summed E-state index contributed by atoms with van der Waals surface area (Å²) in [5.41, 5.74) is 0.250. The number of benzene rings is 2. The Morgan fingerprint density at radius 3 is 2.44 bits per heavy atom. The highest BCUT2D eigenvalue weighted by atomic mass is 35.5. The summed E-state index contributed by atoms with van der Waals surface area (Å²) in [6.07, 6.45) is -1.05. The molecular weight excluding hydrogens is 388 g/mol. The number of anilines is 1. The number of carbonyl (C=O) groups is 2. The van der Waals surface area contributed by atoms with Crippen molar-refractivity contribution in [1.29, 1.82) is 0 Å². The van der Waals surface area contributed by atoms with Crippen molar-refractivity contribution >= 4 is 52.5 Å². The molecule has 2 rings (SSSR count). The van der Waals surface area contributed by atoms with Crippen LogP contribution in [0.25, 0.3) is 0 Å².